The molecule has 1 saturated heterocycles. The molecule has 106 valence electrons. The first-order valence-corrected chi connectivity index (χ1v) is 6.99. The zero-order valence-corrected chi connectivity index (χ0v) is 11.3. The molecule has 0 aromatic carbocycles. The van der Waals surface area contributed by atoms with E-state index in [1.54, 1.807) is 12.3 Å². The first-order valence-electron chi connectivity index (χ1n) is 6.99. The lowest BCUT2D eigenvalue weighted by molar-refractivity contribution is 0.0649. The average molecular weight is 274 g/mol. The van der Waals surface area contributed by atoms with Crippen LogP contribution >= 0.6 is 0 Å². The number of aromatic amines is 1. The molecule has 0 atom stereocenters. The van der Waals surface area contributed by atoms with Crippen molar-refractivity contribution in [1.29, 1.82) is 0 Å². The standard InChI is InChI=1S/C14H18N4O2/c19-12-2-1-11-9-16-14(18-13(11)17-12)15-6-3-10-4-7-20-8-5-10/h1-2,9-10H,3-8H2,(H2,15,16,17,18,19). The van der Waals surface area contributed by atoms with Crippen molar-refractivity contribution in [2.45, 2.75) is 19.3 Å². The Morgan fingerprint density at radius 2 is 2.20 bits per heavy atom. The third-order valence-corrected chi connectivity index (χ3v) is 3.65. The lowest BCUT2D eigenvalue weighted by atomic mass is 9.97. The van der Waals surface area contributed by atoms with Crippen LogP contribution in [0, 0.1) is 5.92 Å². The molecule has 0 amide bonds. The number of H-pyrrole nitrogens is 1. The highest BCUT2D eigenvalue weighted by Gasteiger charge is 2.13. The number of nitrogens with one attached hydrogen (secondary N) is 2. The van der Waals surface area contributed by atoms with E-state index in [0.717, 1.165) is 50.3 Å². The van der Waals surface area contributed by atoms with E-state index in [1.165, 1.54) is 6.07 Å². The monoisotopic (exact) mass is 274 g/mol. The predicted octanol–water partition coefficient (Wildman–Crippen LogP) is 1.55. The molecule has 0 unspecified atom stereocenters. The number of rotatable bonds is 4. The van der Waals surface area contributed by atoms with Gasteiger partial charge in [0.1, 0.15) is 5.65 Å². The molecule has 6 nitrogen and oxygen atoms in total. The number of ether oxygens (including phenoxy) is 1. The van der Waals surface area contributed by atoms with Crippen LogP contribution < -0.4 is 10.9 Å². The van der Waals surface area contributed by atoms with E-state index in [1.807, 2.05) is 0 Å². The van der Waals surface area contributed by atoms with Gasteiger partial charge in [-0.2, -0.15) is 4.98 Å². The topological polar surface area (TPSA) is 79.9 Å². The molecule has 0 aliphatic carbocycles. The van der Waals surface area contributed by atoms with Crippen LogP contribution in [0.5, 0.6) is 0 Å². The largest absolute Gasteiger partial charge is 0.381 e. The molecule has 2 aromatic heterocycles. The summed E-state index contributed by atoms with van der Waals surface area (Å²) in [5.74, 6) is 1.28. The molecule has 2 aromatic rings. The molecular weight excluding hydrogens is 256 g/mol. The maximum atomic E-state index is 11.3. The van der Waals surface area contributed by atoms with Crippen molar-refractivity contribution in [3.8, 4) is 0 Å². The van der Waals surface area contributed by atoms with Gasteiger partial charge < -0.3 is 15.0 Å². The minimum Gasteiger partial charge on any atom is -0.381 e. The zero-order chi connectivity index (χ0) is 13.8. The van der Waals surface area contributed by atoms with E-state index in [2.05, 4.69) is 20.3 Å². The summed E-state index contributed by atoms with van der Waals surface area (Å²) in [6.45, 7) is 2.59. The van der Waals surface area contributed by atoms with Gasteiger partial charge >= 0.3 is 0 Å². The van der Waals surface area contributed by atoms with Crippen molar-refractivity contribution in [2.75, 3.05) is 25.1 Å². The van der Waals surface area contributed by atoms with Gasteiger partial charge in [-0.1, -0.05) is 0 Å². The van der Waals surface area contributed by atoms with E-state index >= 15 is 0 Å². The Morgan fingerprint density at radius 1 is 1.35 bits per heavy atom. The van der Waals surface area contributed by atoms with Gasteiger partial charge in [-0.3, -0.25) is 4.79 Å². The van der Waals surface area contributed by atoms with Crippen LogP contribution in [0.2, 0.25) is 0 Å². The molecule has 1 fully saturated rings. The minimum absolute atomic E-state index is 0.149. The van der Waals surface area contributed by atoms with Gasteiger partial charge in [-0.25, -0.2) is 4.98 Å². The van der Waals surface area contributed by atoms with Crippen LogP contribution in [0.3, 0.4) is 0 Å². The molecule has 3 heterocycles. The SMILES string of the molecule is O=c1ccc2cnc(NCCC3CCOCC3)nc2[nH]1. The van der Waals surface area contributed by atoms with Crippen molar-refractivity contribution >= 4 is 17.0 Å². The molecule has 0 saturated carbocycles. The van der Waals surface area contributed by atoms with E-state index in [0.29, 0.717) is 11.6 Å². The zero-order valence-electron chi connectivity index (χ0n) is 11.3. The van der Waals surface area contributed by atoms with Crippen LogP contribution in [-0.4, -0.2) is 34.7 Å². The van der Waals surface area contributed by atoms with Crippen LogP contribution in [0.25, 0.3) is 11.0 Å². The van der Waals surface area contributed by atoms with E-state index in [4.69, 9.17) is 4.74 Å². The highest BCUT2D eigenvalue weighted by Crippen LogP contribution is 2.18. The number of hydrogen-bond donors (Lipinski definition) is 2. The van der Waals surface area contributed by atoms with Crippen molar-refractivity contribution in [3.63, 3.8) is 0 Å². The summed E-state index contributed by atoms with van der Waals surface area (Å²) in [4.78, 5) is 22.5. The second-order valence-corrected chi connectivity index (χ2v) is 5.09. The van der Waals surface area contributed by atoms with Crippen molar-refractivity contribution in [2.24, 2.45) is 5.92 Å². The number of anilines is 1. The van der Waals surface area contributed by atoms with Crippen LogP contribution in [-0.2, 0) is 4.74 Å². The van der Waals surface area contributed by atoms with Gasteiger partial charge in [0.2, 0.25) is 11.5 Å². The Bertz CT molecular complexity index is 634. The molecule has 0 radical (unpaired) electrons. The predicted molar refractivity (Wildman–Crippen MR) is 76.8 cm³/mol. The van der Waals surface area contributed by atoms with Gasteiger partial charge in [-0.15, -0.1) is 0 Å². The van der Waals surface area contributed by atoms with Gasteiger partial charge in [-0.05, 0) is 31.2 Å². The minimum atomic E-state index is -0.149. The molecular formula is C14H18N4O2. The highest BCUT2D eigenvalue weighted by molar-refractivity contribution is 5.74. The first-order chi connectivity index (χ1) is 9.81. The summed E-state index contributed by atoms with van der Waals surface area (Å²) in [7, 11) is 0. The van der Waals surface area contributed by atoms with Crippen LogP contribution in [0.4, 0.5) is 5.95 Å². The Balaban J connectivity index is 1.60. The quantitative estimate of drug-likeness (QED) is 0.884. The lowest BCUT2D eigenvalue weighted by Gasteiger charge is -2.21. The van der Waals surface area contributed by atoms with E-state index < -0.39 is 0 Å². The Kier molecular flexibility index (Phi) is 3.92. The van der Waals surface area contributed by atoms with Gasteiger partial charge in [0.05, 0.1) is 0 Å². The van der Waals surface area contributed by atoms with Crippen molar-refractivity contribution in [1.82, 2.24) is 15.0 Å². The normalized spacial score (nSPS) is 16.4. The molecule has 1 aliphatic rings. The number of aromatic nitrogens is 3. The van der Waals surface area contributed by atoms with Gasteiger partial charge in [0, 0.05) is 37.4 Å². The maximum absolute atomic E-state index is 11.3. The second kappa shape index (κ2) is 6.00. The van der Waals surface area contributed by atoms with Gasteiger partial charge in [0.15, 0.2) is 0 Å². The van der Waals surface area contributed by atoms with Crippen molar-refractivity contribution < 1.29 is 4.74 Å². The van der Waals surface area contributed by atoms with Crippen LogP contribution in [0.1, 0.15) is 19.3 Å². The van der Waals surface area contributed by atoms with Crippen LogP contribution in [0.15, 0.2) is 23.1 Å². The number of pyridine rings is 1. The molecule has 0 spiro atoms. The molecule has 20 heavy (non-hydrogen) atoms. The molecule has 1 aliphatic heterocycles. The molecule has 2 N–H and O–H groups in total. The number of nitrogens with zero attached hydrogens (tertiary/aromatic N) is 2. The Labute approximate surface area is 116 Å². The number of hydrogen-bond acceptors (Lipinski definition) is 5. The fraction of sp³-hybridized carbons (Fsp3) is 0.500. The number of fused-ring (bicyclic) bond motifs is 1. The third-order valence-electron chi connectivity index (χ3n) is 3.65. The molecule has 3 rings (SSSR count). The third kappa shape index (κ3) is 3.14. The summed E-state index contributed by atoms with van der Waals surface area (Å²) in [6.07, 6.45) is 5.08. The highest BCUT2D eigenvalue weighted by atomic mass is 16.5. The molecule has 0 bridgehead atoms. The van der Waals surface area contributed by atoms with Crippen molar-refractivity contribution in [3.05, 3.63) is 28.7 Å². The fourth-order valence-corrected chi connectivity index (χ4v) is 2.45. The second-order valence-electron chi connectivity index (χ2n) is 5.09. The average Bonchev–Trinajstić information content (AvgIpc) is 2.48. The summed E-state index contributed by atoms with van der Waals surface area (Å²) >= 11 is 0. The summed E-state index contributed by atoms with van der Waals surface area (Å²) in [5, 5.41) is 4.05. The molecule has 6 heteroatoms. The first kappa shape index (κ1) is 13.1. The summed E-state index contributed by atoms with van der Waals surface area (Å²) in [6, 6.07) is 3.20. The Hall–Kier alpha value is -1.95. The summed E-state index contributed by atoms with van der Waals surface area (Å²) in [5.41, 5.74) is 0.422. The summed E-state index contributed by atoms with van der Waals surface area (Å²) < 4.78 is 5.34. The van der Waals surface area contributed by atoms with Gasteiger partial charge in [0.25, 0.3) is 0 Å². The van der Waals surface area contributed by atoms with E-state index in [-0.39, 0.29) is 5.56 Å². The van der Waals surface area contributed by atoms with E-state index in [9.17, 15) is 4.79 Å². The smallest absolute Gasteiger partial charge is 0.249 e. The lowest BCUT2D eigenvalue weighted by Crippen LogP contribution is -2.19. The fourth-order valence-electron chi connectivity index (χ4n) is 2.45. The Morgan fingerprint density at radius 3 is 3.05 bits per heavy atom. The maximum Gasteiger partial charge on any atom is 0.249 e.